The number of aryl methyl sites for hydroxylation is 2. The molecule has 6 heteroatoms. The van der Waals surface area contributed by atoms with Crippen molar-refractivity contribution in [1.82, 2.24) is 14.9 Å². The number of carbonyl (C=O) groups is 2. The van der Waals surface area contributed by atoms with Gasteiger partial charge in [0.1, 0.15) is 0 Å². The summed E-state index contributed by atoms with van der Waals surface area (Å²) in [6, 6.07) is 9.57. The average molecular weight is 349 g/mol. The lowest BCUT2D eigenvalue weighted by atomic mass is 10.0. The standard InChI is InChI=1S/C20H19N3O3/c1-12-6-7-17-15(9-12)16(10-13(2)22-17)19(24)23(3)18(20(25)26)14-5-4-8-21-11-14/h4-11,18H,1-3H3,(H,25,26)/t18-/m1/s1. The maximum Gasteiger partial charge on any atom is 0.331 e. The van der Waals surface area contributed by atoms with Gasteiger partial charge in [0.2, 0.25) is 0 Å². The Bertz CT molecular complexity index is 986. The predicted octanol–water partition coefficient (Wildman–Crippen LogP) is 3.14. The molecule has 1 N–H and O–H groups in total. The molecule has 6 nitrogen and oxygen atoms in total. The van der Waals surface area contributed by atoms with Crippen LogP contribution in [-0.2, 0) is 4.79 Å². The van der Waals surface area contributed by atoms with Crippen LogP contribution in [0.2, 0.25) is 0 Å². The van der Waals surface area contributed by atoms with E-state index in [2.05, 4.69) is 9.97 Å². The number of rotatable bonds is 4. The molecule has 0 aliphatic heterocycles. The fraction of sp³-hybridized carbons (Fsp3) is 0.200. The molecule has 0 spiro atoms. The fourth-order valence-electron chi connectivity index (χ4n) is 3.03. The van der Waals surface area contributed by atoms with E-state index in [1.54, 1.807) is 24.4 Å². The zero-order chi connectivity index (χ0) is 18.8. The van der Waals surface area contributed by atoms with Crippen LogP contribution < -0.4 is 0 Å². The molecule has 0 saturated heterocycles. The van der Waals surface area contributed by atoms with E-state index in [0.29, 0.717) is 27.7 Å². The van der Waals surface area contributed by atoms with E-state index in [9.17, 15) is 14.7 Å². The molecule has 1 amide bonds. The van der Waals surface area contributed by atoms with Crippen LogP contribution in [0.4, 0.5) is 0 Å². The van der Waals surface area contributed by atoms with Crippen molar-refractivity contribution in [3.63, 3.8) is 0 Å². The van der Waals surface area contributed by atoms with Crippen LogP contribution in [0.5, 0.6) is 0 Å². The van der Waals surface area contributed by atoms with E-state index in [1.165, 1.54) is 18.1 Å². The molecule has 1 atom stereocenters. The number of fused-ring (bicyclic) bond motifs is 1. The lowest BCUT2D eigenvalue weighted by molar-refractivity contribution is -0.142. The highest BCUT2D eigenvalue weighted by Gasteiger charge is 2.30. The molecule has 3 aromatic rings. The first kappa shape index (κ1) is 17.5. The van der Waals surface area contributed by atoms with E-state index in [-0.39, 0.29) is 5.91 Å². The third-order valence-corrected chi connectivity index (χ3v) is 4.26. The zero-order valence-electron chi connectivity index (χ0n) is 14.8. The van der Waals surface area contributed by atoms with E-state index in [4.69, 9.17) is 0 Å². The average Bonchev–Trinajstić information content (AvgIpc) is 2.61. The largest absolute Gasteiger partial charge is 0.479 e. The molecule has 0 unspecified atom stereocenters. The molecule has 0 radical (unpaired) electrons. The summed E-state index contributed by atoms with van der Waals surface area (Å²) in [6.07, 6.45) is 3.02. The quantitative estimate of drug-likeness (QED) is 0.782. The van der Waals surface area contributed by atoms with Gasteiger partial charge < -0.3 is 10.0 Å². The molecule has 0 aliphatic carbocycles. The van der Waals surface area contributed by atoms with Gasteiger partial charge in [-0.1, -0.05) is 17.7 Å². The van der Waals surface area contributed by atoms with Gasteiger partial charge in [-0.3, -0.25) is 14.8 Å². The second kappa shape index (κ2) is 6.92. The number of benzene rings is 1. The van der Waals surface area contributed by atoms with Crippen molar-refractivity contribution in [2.24, 2.45) is 0 Å². The summed E-state index contributed by atoms with van der Waals surface area (Å²) in [5.74, 6) is -1.48. The Balaban J connectivity index is 2.09. The van der Waals surface area contributed by atoms with Gasteiger partial charge in [-0.2, -0.15) is 0 Å². The summed E-state index contributed by atoms with van der Waals surface area (Å²) in [5.41, 5.74) is 3.30. The lowest BCUT2D eigenvalue weighted by Crippen LogP contribution is -2.36. The van der Waals surface area contributed by atoms with Gasteiger partial charge in [0, 0.05) is 36.1 Å². The normalized spacial score (nSPS) is 12.0. The zero-order valence-corrected chi connectivity index (χ0v) is 14.8. The smallest absolute Gasteiger partial charge is 0.331 e. The number of amides is 1. The SMILES string of the molecule is Cc1ccc2nc(C)cc(C(=O)N(C)[C@@H](C(=O)O)c3cccnc3)c2c1. The number of carbonyl (C=O) groups excluding carboxylic acids is 1. The molecular formula is C20H19N3O3. The van der Waals surface area contributed by atoms with Gasteiger partial charge >= 0.3 is 5.97 Å². The molecule has 0 saturated carbocycles. The molecular weight excluding hydrogens is 330 g/mol. The van der Waals surface area contributed by atoms with Gasteiger partial charge in [-0.05, 0) is 38.1 Å². The Morgan fingerprint density at radius 3 is 2.58 bits per heavy atom. The van der Waals surface area contributed by atoms with E-state index >= 15 is 0 Å². The van der Waals surface area contributed by atoms with E-state index in [1.807, 2.05) is 32.0 Å². The van der Waals surface area contributed by atoms with Crippen LogP contribution >= 0.6 is 0 Å². The fourth-order valence-corrected chi connectivity index (χ4v) is 3.03. The van der Waals surface area contributed by atoms with Gasteiger partial charge in [0.05, 0.1) is 11.1 Å². The minimum absolute atomic E-state index is 0.373. The molecule has 26 heavy (non-hydrogen) atoms. The minimum atomic E-state index is -1.12. The third-order valence-electron chi connectivity index (χ3n) is 4.26. The number of pyridine rings is 2. The first-order valence-electron chi connectivity index (χ1n) is 8.16. The van der Waals surface area contributed by atoms with Crippen molar-refractivity contribution in [2.45, 2.75) is 19.9 Å². The maximum absolute atomic E-state index is 13.2. The molecule has 132 valence electrons. The molecule has 1 aromatic carbocycles. The molecule has 3 rings (SSSR count). The number of aliphatic carboxylic acids is 1. The molecule has 0 bridgehead atoms. The highest BCUT2D eigenvalue weighted by atomic mass is 16.4. The maximum atomic E-state index is 13.2. The molecule has 0 fully saturated rings. The topological polar surface area (TPSA) is 83.4 Å². The summed E-state index contributed by atoms with van der Waals surface area (Å²) >= 11 is 0. The Kier molecular flexibility index (Phi) is 4.67. The molecule has 2 heterocycles. The van der Waals surface area contributed by atoms with Crippen molar-refractivity contribution < 1.29 is 14.7 Å². The number of nitrogens with zero attached hydrogens (tertiary/aromatic N) is 3. The van der Waals surface area contributed by atoms with Gasteiger partial charge in [0.25, 0.3) is 5.91 Å². The summed E-state index contributed by atoms with van der Waals surface area (Å²) in [7, 11) is 1.49. The summed E-state index contributed by atoms with van der Waals surface area (Å²) in [5, 5.41) is 10.4. The number of hydrogen-bond donors (Lipinski definition) is 1. The van der Waals surface area contributed by atoms with Crippen molar-refractivity contribution in [3.05, 3.63) is 71.2 Å². The van der Waals surface area contributed by atoms with E-state index < -0.39 is 12.0 Å². The monoisotopic (exact) mass is 349 g/mol. The number of aromatic nitrogens is 2. The van der Waals surface area contributed by atoms with Crippen LogP contribution in [0.25, 0.3) is 10.9 Å². The highest BCUT2D eigenvalue weighted by molar-refractivity contribution is 6.07. The van der Waals surface area contributed by atoms with Crippen molar-refractivity contribution in [2.75, 3.05) is 7.05 Å². The van der Waals surface area contributed by atoms with Crippen LogP contribution in [0.15, 0.2) is 48.8 Å². The molecule has 2 aromatic heterocycles. The number of likely N-dealkylation sites (N-methyl/N-ethyl adjacent to an activating group) is 1. The Morgan fingerprint density at radius 2 is 1.92 bits per heavy atom. The van der Waals surface area contributed by atoms with Crippen LogP contribution in [0.3, 0.4) is 0 Å². The van der Waals surface area contributed by atoms with E-state index in [0.717, 1.165) is 5.56 Å². The Morgan fingerprint density at radius 1 is 1.15 bits per heavy atom. The van der Waals surface area contributed by atoms with Gasteiger partial charge in [0.15, 0.2) is 6.04 Å². The summed E-state index contributed by atoms with van der Waals surface area (Å²) in [6.45, 7) is 3.75. The lowest BCUT2D eigenvalue weighted by Gasteiger charge is -2.25. The second-order valence-electron chi connectivity index (χ2n) is 6.27. The van der Waals surface area contributed by atoms with Crippen LogP contribution in [0.1, 0.15) is 33.2 Å². The first-order chi connectivity index (χ1) is 12.4. The Hall–Kier alpha value is -3.28. The van der Waals surface area contributed by atoms with Crippen molar-refractivity contribution >= 4 is 22.8 Å². The Labute approximate surface area is 151 Å². The van der Waals surface area contributed by atoms with Crippen LogP contribution in [0, 0.1) is 13.8 Å². The summed E-state index contributed by atoms with van der Waals surface area (Å²) in [4.78, 5) is 34.6. The number of carboxylic acid groups (broad SMARTS) is 1. The van der Waals surface area contributed by atoms with Crippen molar-refractivity contribution in [1.29, 1.82) is 0 Å². The highest BCUT2D eigenvalue weighted by Crippen LogP contribution is 2.25. The number of hydrogen-bond acceptors (Lipinski definition) is 4. The predicted molar refractivity (Wildman–Crippen MR) is 97.9 cm³/mol. The van der Waals surface area contributed by atoms with Crippen molar-refractivity contribution in [3.8, 4) is 0 Å². The first-order valence-corrected chi connectivity index (χ1v) is 8.16. The second-order valence-corrected chi connectivity index (χ2v) is 6.27. The third kappa shape index (κ3) is 3.26. The molecule has 0 aliphatic rings. The minimum Gasteiger partial charge on any atom is -0.479 e. The summed E-state index contributed by atoms with van der Waals surface area (Å²) < 4.78 is 0. The van der Waals surface area contributed by atoms with Gasteiger partial charge in [-0.25, -0.2) is 4.79 Å². The number of carboxylic acids is 1. The van der Waals surface area contributed by atoms with Gasteiger partial charge in [-0.15, -0.1) is 0 Å². The van der Waals surface area contributed by atoms with Crippen LogP contribution in [-0.4, -0.2) is 38.9 Å².